The quantitative estimate of drug-likeness (QED) is 0.453. The number of carbonyl (C=O) groups excluding carboxylic acids is 2. The third-order valence-electron chi connectivity index (χ3n) is 3.90. The van der Waals surface area contributed by atoms with E-state index in [2.05, 4.69) is 17.4 Å². The molecular weight excluding hydrogens is 294 g/mol. The monoisotopic (exact) mass is 311 g/mol. The second-order valence-electron chi connectivity index (χ2n) is 5.25. The Labute approximate surface area is 133 Å². The minimum atomic E-state index is -0.643. The molecule has 1 aliphatic carbocycles. The summed E-state index contributed by atoms with van der Waals surface area (Å²) in [4.78, 5) is 22.7. The number of hydrogen-bond acceptors (Lipinski definition) is 4. The summed E-state index contributed by atoms with van der Waals surface area (Å²) in [6, 6.07) is 16.2. The number of nitrogens with one attached hydrogen (secondary N) is 2. The van der Waals surface area contributed by atoms with Crippen LogP contribution >= 0.6 is 0 Å². The van der Waals surface area contributed by atoms with Crippen molar-refractivity contribution in [3.8, 4) is 11.1 Å². The lowest BCUT2D eigenvalue weighted by Gasteiger charge is -2.14. The van der Waals surface area contributed by atoms with E-state index in [0.717, 1.165) is 11.1 Å². The number of ether oxygens (including phenoxy) is 1. The number of nitrogens with two attached hydrogens (primary N) is 1. The van der Waals surface area contributed by atoms with Gasteiger partial charge in [-0.3, -0.25) is 10.2 Å². The van der Waals surface area contributed by atoms with Crippen LogP contribution in [0.15, 0.2) is 48.5 Å². The van der Waals surface area contributed by atoms with E-state index in [1.807, 2.05) is 41.8 Å². The van der Waals surface area contributed by atoms with Crippen LogP contribution in [-0.2, 0) is 9.53 Å². The van der Waals surface area contributed by atoms with Crippen LogP contribution in [0.4, 0.5) is 4.79 Å². The van der Waals surface area contributed by atoms with Gasteiger partial charge in [0.2, 0.25) is 0 Å². The molecule has 0 aliphatic heterocycles. The van der Waals surface area contributed by atoms with Gasteiger partial charge in [0, 0.05) is 5.92 Å². The molecule has 0 spiro atoms. The number of hydrogen-bond donors (Lipinski definition) is 3. The second-order valence-corrected chi connectivity index (χ2v) is 5.25. The zero-order valence-electron chi connectivity index (χ0n) is 12.4. The molecule has 2 amide bonds. The van der Waals surface area contributed by atoms with Crippen LogP contribution in [0.5, 0.6) is 0 Å². The average molecular weight is 311 g/mol. The number of alkyl carbamates (subject to hydrolysis) is 1. The number of rotatable bonds is 4. The Kier molecular flexibility index (Phi) is 4.25. The van der Waals surface area contributed by atoms with Gasteiger partial charge in [0.1, 0.15) is 13.2 Å². The van der Waals surface area contributed by atoms with E-state index in [-0.39, 0.29) is 19.1 Å². The van der Waals surface area contributed by atoms with Crippen molar-refractivity contribution in [1.29, 1.82) is 0 Å². The van der Waals surface area contributed by atoms with Gasteiger partial charge < -0.3 is 10.1 Å². The van der Waals surface area contributed by atoms with Crippen molar-refractivity contribution in [2.75, 3.05) is 13.2 Å². The number of carbonyl (C=O) groups is 2. The van der Waals surface area contributed by atoms with Crippen molar-refractivity contribution in [3.05, 3.63) is 59.7 Å². The normalized spacial score (nSPS) is 12.2. The van der Waals surface area contributed by atoms with Crippen molar-refractivity contribution < 1.29 is 14.3 Å². The Morgan fingerprint density at radius 2 is 1.57 bits per heavy atom. The highest BCUT2D eigenvalue weighted by Crippen LogP contribution is 2.44. The average Bonchev–Trinajstić information content (AvgIpc) is 2.92. The first-order valence-electron chi connectivity index (χ1n) is 7.29. The van der Waals surface area contributed by atoms with Gasteiger partial charge in [-0.05, 0) is 22.3 Å². The molecule has 6 nitrogen and oxygen atoms in total. The predicted molar refractivity (Wildman–Crippen MR) is 85.4 cm³/mol. The second kappa shape index (κ2) is 6.50. The molecule has 0 saturated heterocycles. The first kappa shape index (κ1) is 15.1. The largest absolute Gasteiger partial charge is 0.449 e. The molecule has 23 heavy (non-hydrogen) atoms. The van der Waals surface area contributed by atoms with Crippen molar-refractivity contribution >= 4 is 12.0 Å². The molecule has 118 valence electrons. The Hall–Kier alpha value is -2.86. The molecule has 0 saturated carbocycles. The Balaban J connectivity index is 1.71. The fourth-order valence-electron chi connectivity index (χ4n) is 2.85. The molecule has 3 rings (SSSR count). The smallest absolute Gasteiger partial charge is 0.407 e. The lowest BCUT2D eigenvalue weighted by Crippen LogP contribution is -2.40. The lowest BCUT2D eigenvalue weighted by molar-refractivity contribution is -0.120. The van der Waals surface area contributed by atoms with Crippen LogP contribution in [0.25, 0.3) is 11.1 Å². The van der Waals surface area contributed by atoms with E-state index in [1.165, 1.54) is 11.1 Å². The van der Waals surface area contributed by atoms with Crippen molar-refractivity contribution in [2.24, 2.45) is 5.84 Å². The van der Waals surface area contributed by atoms with E-state index in [0.29, 0.717) is 0 Å². The molecule has 6 heteroatoms. The van der Waals surface area contributed by atoms with E-state index in [1.54, 1.807) is 0 Å². The molecule has 2 aromatic carbocycles. The van der Waals surface area contributed by atoms with Crippen LogP contribution in [-0.4, -0.2) is 25.2 Å². The van der Waals surface area contributed by atoms with Crippen molar-refractivity contribution in [1.82, 2.24) is 10.7 Å². The molecule has 0 radical (unpaired) electrons. The third kappa shape index (κ3) is 3.02. The highest BCUT2D eigenvalue weighted by Gasteiger charge is 2.28. The minimum absolute atomic E-state index is 0.00325. The SMILES string of the molecule is NNC(=O)CNC(=O)OCC1c2ccccc2-c2ccccc21. The first-order chi connectivity index (χ1) is 11.2. The van der Waals surface area contributed by atoms with Gasteiger partial charge in [0.05, 0.1) is 0 Å². The summed E-state index contributed by atoms with van der Waals surface area (Å²) in [7, 11) is 0. The summed E-state index contributed by atoms with van der Waals surface area (Å²) < 4.78 is 5.26. The molecule has 0 bridgehead atoms. The number of fused-ring (bicyclic) bond motifs is 3. The van der Waals surface area contributed by atoms with Crippen LogP contribution in [0, 0.1) is 0 Å². The standard InChI is InChI=1S/C17H17N3O3/c18-20-16(21)9-19-17(22)23-10-15-13-7-3-1-5-11(13)12-6-2-4-8-14(12)15/h1-8,15H,9-10,18H2,(H,19,22)(H,20,21). The third-order valence-corrected chi connectivity index (χ3v) is 3.90. The van der Waals surface area contributed by atoms with Gasteiger partial charge in [0.15, 0.2) is 0 Å². The van der Waals surface area contributed by atoms with Gasteiger partial charge in [-0.2, -0.15) is 0 Å². The number of benzene rings is 2. The van der Waals surface area contributed by atoms with Gasteiger partial charge in [0.25, 0.3) is 5.91 Å². The molecule has 0 aromatic heterocycles. The maximum atomic E-state index is 11.7. The molecule has 4 N–H and O–H groups in total. The van der Waals surface area contributed by atoms with E-state index in [9.17, 15) is 9.59 Å². The van der Waals surface area contributed by atoms with Gasteiger partial charge in [-0.25, -0.2) is 10.6 Å². The first-order valence-corrected chi connectivity index (χ1v) is 7.29. The van der Waals surface area contributed by atoms with Crippen LogP contribution in [0.3, 0.4) is 0 Å². The summed E-state index contributed by atoms with van der Waals surface area (Å²) >= 11 is 0. The molecule has 1 aliphatic rings. The van der Waals surface area contributed by atoms with Gasteiger partial charge in [-0.15, -0.1) is 0 Å². The molecular formula is C17H17N3O3. The fourth-order valence-corrected chi connectivity index (χ4v) is 2.85. The summed E-state index contributed by atoms with van der Waals surface area (Å²) in [5.41, 5.74) is 6.55. The highest BCUT2D eigenvalue weighted by molar-refractivity contribution is 5.82. The maximum Gasteiger partial charge on any atom is 0.407 e. The minimum Gasteiger partial charge on any atom is -0.449 e. The summed E-state index contributed by atoms with van der Waals surface area (Å²) in [5, 5.41) is 2.35. The molecule has 2 aromatic rings. The fraction of sp³-hybridized carbons (Fsp3) is 0.176. The zero-order chi connectivity index (χ0) is 16.2. The predicted octanol–water partition coefficient (Wildman–Crippen LogP) is 1.52. The summed E-state index contributed by atoms with van der Waals surface area (Å²) in [6.45, 7) is -0.00270. The van der Waals surface area contributed by atoms with Crippen LogP contribution in [0.1, 0.15) is 17.0 Å². The molecule has 0 heterocycles. The topological polar surface area (TPSA) is 93.5 Å². The zero-order valence-corrected chi connectivity index (χ0v) is 12.4. The van der Waals surface area contributed by atoms with Gasteiger partial charge >= 0.3 is 6.09 Å². The van der Waals surface area contributed by atoms with Crippen LogP contribution < -0.4 is 16.6 Å². The molecule has 0 fully saturated rings. The maximum absolute atomic E-state index is 11.7. The van der Waals surface area contributed by atoms with Crippen molar-refractivity contribution in [3.63, 3.8) is 0 Å². The van der Waals surface area contributed by atoms with Gasteiger partial charge in [-0.1, -0.05) is 48.5 Å². The number of hydrazine groups is 1. The van der Waals surface area contributed by atoms with E-state index >= 15 is 0 Å². The molecule has 0 atom stereocenters. The Bertz CT molecular complexity index is 700. The lowest BCUT2D eigenvalue weighted by atomic mass is 9.98. The number of amides is 2. The van der Waals surface area contributed by atoms with Crippen LogP contribution in [0.2, 0.25) is 0 Å². The highest BCUT2D eigenvalue weighted by atomic mass is 16.5. The van der Waals surface area contributed by atoms with E-state index < -0.39 is 12.0 Å². The molecule has 0 unspecified atom stereocenters. The van der Waals surface area contributed by atoms with E-state index in [4.69, 9.17) is 10.6 Å². The van der Waals surface area contributed by atoms with Crippen molar-refractivity contribution in [2.45, 2.75) is 5.92 Å². The summed E-state index contributed by atoms with van der Waals surface area (Å²) in [5.74, 6) is 4.46. The summed E-state index contributed by atoms with van der Waals surface area (Å²) in [6.07, 6.45) is -0.643. The Morgan fingerprint density at radius 1 is 1.00 bits per heavy atom. The Morgan fingerprint density at radius 3 is 2.13 bits per heavy atom.